The summed E-state index contributed by atoms with van der Waals surface area (Å²) >= 11 is 0. The molecule has 1 aromatic heterocycles. The second-order valence-corrected chi connectivity index (χ2v) is 9.22. The van der Waals surface area contributed by atoms with Gasteiger partial charge in [0.05, 0.1) is 0 Å². The fourth-order valence-corrected chi connectivity index (χ4v) is 4.54. The van der Waals surface area contributed by atoms with Gasteiger partial charge in [0.25, 0.3) is 5.91 Å². The lowest BCUT2D eigenvalue weighted by Gasteiger charge is -2.36. The number of pyridine rings is 1. The molecule has 0 aliphatic carbocycles. The minimum absolute atomic E-state index is 0.0401. The van der Waals surface area contributed by atoms with E-state index in [0.29, 0.717) is 30.0 Å². The topological polar surface area (TPSA) is 77.0 Å². The third kappa shape index (κ3) is 5.52. The van der Waals surface area contributed by atoms with Crippen LogP contribution in [0.25, 0.3) is 0 Å². The summed E-state index contributed by atoms with van der Waals surface area (Å²) in [7, 11) is 1.80. The number of aromatic carboxylic acids is 1. The molecule has 1 saturated heterocycles. The number of nitrogens with zero attached hydrogens (tertiary/aromatic N) is 4. The highest BCUT2D eigenvalue weighted by atomic mass is 16.4. The Bertz CT molecular complexity index is 1190. The molecular formula is C28H32N4O3. The van der Waals surface area contributed by atoms with Crippen molar-refractivity contribution in [2.24, 2.45) is 0 Å². The molecule has 2 heterocycles. The molecule has 1 amide bonds. The Hall–Kier alpha value is -3.71. The lowest BCUT2D eigenvalue weighted by atomic mass is 9.98. The van der Waals surface area contributed by atoms with E-state index in [1.54, 1.807) is 24.2 Å². The van der Waals surface area contributed by atoms with Crippen LogP contribution in [0.15, 0.2) is 66.9 Å². The molecule has 4 rings (SSSR count). The minimum Gasteiger partial charge on any atom is -0.478 e. The number of carbonyl (C=O) groups is 2. The van der Waals surface area contributed by atoms with E-state index in [4.69, 9.17) is 0 Å². The van der Waals surface area contributed by atoms with Crippen LogP contribution in [0.2, 0.25) is 0 Å². The Kier molecular flexibility index (Phi) is 7.46. The van der Waals surface area contributed by atoms with Crippen LogP contribution in [0, 0.1) is 0 Å². The smallest absolute Gasteiger partial charge is 0.339 e. The molecule has 0 atom stereocenters. The molecule has 3 aromatic rings. The first-order valence-corrected chi connectivity index (χ1v) is 12.0. The largest absolute Gasteiger partial charge is 0.478 e. The number of rotatable bonds is 7. The van der Waals surface area contributed by atoms with Gasteiger partial charge in [-0.2, -0.15) is 0 Å². The average Bonchev–Trinajstić information content (AvgIpc) is 2.88. The molecule has 2 aromatic carbocycles. The summed E-state index contributed by atoms with van der Waals surface area (Å²) in [5.74, 6) is -0.290. The van der Waals surface area contributed by atoms with Crippen LogP contribution in [-0.4, -0.2) is 60.1 Å². The van der Waals surface area contributed by atoms with Crippen LogP contribution in [0.5, 0.6) is 0 Å². The van der Waals surface area contributed by atoms with E-state index < -0.39 is 5.97 Å². The molecule has 182 valence electrons. The number of piperazine rings is 1. The zero-order chi connectivity index (χ0) is 24.9. The van der Waals surface area contributed by atoms with Crippen LogP contribution >= 0.6 is 0 Å². The number of anilines is 2. The fraction of sp³-hybridized carbons (Fsp3) is 0.321. The molecule has 1 aliphatic rings. The molecule has 0 unspecified atom stereocenters. The number of benzene rings is 2. The summed E-state index contributed by atoms with van der Waals surface area (Å²) in [5, 5.41) is 9.85. The first-order chi connectivity index (χ1) is 16.8. The highest BCUT2D eigenvalue weighted by molar-refractivity contribution is 6.05. The normalized spacial score (nSPS) is 14.2. The molecule has 1 aliphatic heterocycles. The zero-order valence-corrected chi connectivity index (χ0v) is 20.5. The number of hydrogen-bond donors (Lipinski definition) is 1. The first kappa shape index (κ1) is 24.4. The summed E-state index contributed by atoms with van der Waals surface area (Å²) in [5.41, 5.74) is 3.78. The predicted molar refractivity (Wildman–Crippen MR) is 138 cm³/mol. The van der Waals surface area contributed by atoms with Gasteiger partial charge in [0.1, 0.15) is 11.4 Å². The van der Waals surface area contributed by atoms with E-state index in [1.165, 1.54) is 0 Å². The molecule has 35 heavy (non-hydrogen) atoms. The average molecular weight is 473 g/mol. The Balaban J connectivity index is 1.42. The summed E-state index contributed by atoms with van der Waals surface area (Å²) < 4.78 is 0. The van der Waals surface area contributed by atoms with Gasteiger partial charge in [0.15, 0.2) is 0 Å². The second kappa shape index (κ2) is 10.7. The van der Waals surface area contributed by atoms with Crippen LogP contribution in [0.4, 0.5) is 11.5 Å². The molecular weight excluding hydrogens is 440 g/mol. The Morgan fingerprint density at radius 2 is 1.71 bits per heavy atom. The van der Waals surface area contributed by atoms with Crippen molar-refractivity contribution in [3.63, 3.8) is 0 Å². The molecule has 0 saturated carbocycles. The molecule has 0 bridgehead atoms. The molecule has 0 spiro atoms. The maximum atomic E-state index is 12.8. The lowest BCUT2D eigenvalue weighted by Crippen LogP contribution is -2.46. The minimum atomic E-state index is -0.926. The second-order valence-electron chi connectivity index (χ2n) is 9.22. The maximum absolute atomic E-state index is 12.8. The number of carboxylic acids is 1. The van der Waals surface area contributed by atoms with Gasteiger partial charge in [-0.25, -0.2) is 9.78 Å². The number of hydrogen-bond acceptors (Lipinski definition) is 5. The van der Waals surface area contributed by atoms with E-state index in [-0.39, 0.29) is 11.8 Å². The molecule has 1 fully saturated rings. The van der Waals surface area contributed by atoms with E-state index in [1.807, 2.05) is 56.3 Å². The van der Waals surface area contributed by atoms with Gasteiger partial charge in [0, 0.05) is 57.2 Å². The lowest BCUT2D eigenvalue weighted by molar-refractivity contribution is 0.0695. The van der Waals surface area contributed by atoms with Crippen LogP contribution in [0.3, 0.4) is 0 Å². The Morgan fingerprint density at radius 1 is 1.00 bits per heavy atom. The van der Waals surface area contributed by atoms with Crippen molar-refractivity contribution in [3.05, 3.63) is 89.1 Å². The van der Waals surface area contributed by atoms with Gasteiger partial charge in [-0.1, -0.05) is 44.2 Å². The zero-order valence-electron chi connectivity index (χ0n) is 20.5. The van der Waals surface area contributed by atoms with Crippen molar-refractivity contribution >= 4 is 23.4 Å². The van der Waals surface area contributed by atoms with Crippen LogP contribution in [0.1, 0.15) is 51.6 Å². The SMILES string of the molecule is CC(C)c1ccnc(N2CCN(Cc3cccc(N(C)C(=O)c4ccccc4)c3)CC2)c1C(=O)O. The summed E-state index contributed by atoms with van der Waals surface area (Å²) in [4.78, 5) is 35.4. The standard InChI is InChI=1S/C28H32N4O3/c1-20(2)24-12-13-29-26(25(24)28(34)35)32-16-14-31(15-17-32)19-21-8-7-11-23(18-21)30(3)27(33)22-9-5-4-6-10-22/h4-13,18,20H,14-17,19H2,1-3H3,(H,34,35). The Labute approximate surface area is 206 Å². The monoisotopic (exact) mass is 472 g/mol. The van der Waals surface area contributed by atoms with Gasteiger partial charge >= 0.3 is 5.97 Å². The quantitative estimate of drug-likeness (QED) is 0.546. The summed E-state index contributed by atoms with van der Waals surface area (Å²) in [6.45, 7) is 7.79. The van der Waals surface area contributed by atoms with Crippen molar-refractivity contribution < 1.29 is 14.7 Å². The van der Waals surface area contributed by atoms with Crippen molar-refractivity contribution in [2.45, 2.75) is 26.3 Å². The molecule has 1 N–H and O–H groups in total. The van der Waals surface area contributed by atoms with Gasteiger partial charge in [-0.05, 0) is 47.4 Å². The Morgan fingerprint density at radius 3 is 2.37 bits per heavy atom. The van der Waals surface area contributed by atoms with Crippen molar-refractivity contribution in [3.8, 4) is 0 Å². The predicted octanol–water partition coefficient (Wildman–Crippen LogP) is 4.50. The van der Waals surface area contributed by atoms with E-state index in [9.17, 15) is 14.7 Å². The maximum Gasteiger partial charge on any atom is 0.339 e. The fourth-order valence-electron chi connectivity index (χ4n) is 4.54. The van der Waals surface area contributed by atoms with E-state index >= 15 is 0 Å². The third-order valence-electron chi connectivity index (χ3n) is 6.50. The van der Waals surface area contributed by atoms with Crippen molar-refractivity contribution in [2.75, 3.05) is 43.0 Å². The van der Waals surface area contributed by atoms with Gasteiger partial charge in [-0.15, -0.1) is 0 Å². The number of carbonyl (C=O) groups excluding carboxylic acids is 1. The van der Waals surface area contributed by atoms with Gasteiger partial charge in [-0.3, -0.25) is 9.69 Å². The summed E-state index contributed by atoms with van der Waals surface area (Å²) in [6.07, 6.45) is 1.71. The summed E-state index contributed by atoms with van der Waals surface area (Å²) in [6, 6.07) is 19.1. The third-order valence-corrected chi connectivity index (χ3v) is 6.50. The molecule has 7 nitrogen and oxygen atoms in total. The van der Waals surface area contributed by atoms with Gasteiger partial charge < -0.3 is 14.9 Å². The molecule has 0 radical (unpaired) electrons. The number of carboxylic acid groups (broad SMARTS) is 1. The van der Waals surface area contributed by atoms with Crippen molar-refractivity contribution in [1.82, 2.24) is 9.88 Å². The van der Waals surface area contributed by atoms with E-state index in [0.717, 1.165) is 36.4 Å². The van der Waals surface area contributed by atoms with E-state index in [2.05, 4.69) is 26.9 Å². The molecule has 7 heteroatoms. The van der Waals surface area contributed by atoms with Crippen LogP contribution < -0.4 is 9.80 Å². The van der Waals surface area contributed by atoms with Crippen molar-refractivity contribution in [1.29, 1.82) is 0 Å². The highest BCUT2D eigenvalue weighted by Gasteiger charge is 2.26. The number of amides is 1. The highest BCUT2D eigenvalue weighted by Crippen LogP contribution is 2.28. The number of aromatic nitrogens is 1. The van der Waals surface area contributed by atoms with Gasteiger partial charge in [0.2, 0.25) is 0 Å². The van der Waals surface area contributed by atoms with Crippen LogP contribution in [-0.2, 0) is 6.54 Å². The first-order valence-electron chi connectivity index (χ1n) is 12.0.